The van der Waals surface area contributed by atoms with E-state index >= 15 is 0 Å². The first kappa shape index (κ1) is 17.6. The molecule has 2 atom stereocenters. The lowest BCUT2D eigenvalue weighted by molar-refractivity contribution is 0.152. The monoisotopic (exact) mass is 330 g/mol. The van der Waals surface area contributed by atoms with Crippen molar-refractivity contribution in [2.45, 2.75) is 63.7 Å². The minimum atomic E-state index is -3.00. The van der Waals surface area contributed by atoms with Crippen LogP contribution >= 0.6 is 0 Å². The highest BCUT2D eigenvalue weighted by Crippen LogP contribution is 2.26. The van der Waals surface area contributed by atoms with Crippen LogP contribution < -0.4 is 5.32 Å². The molecular weight excluding hydrogens is 300 g/mol. The molecule has 1 N–H and O–H groups in total. The molecule has 2 rings (SSSR count). The molecule has 128 valence electrons. The van der Waals surface area contributed by atoms with Gasteiger partial charge in [0, 0.05) is 25.4 Å². The molecule has 0 aromatic heterocycles. The molecule has 0 aromatic carbocycles. The van der Waals surface area contributed by atoms with Crippen molar-refractivity contribution < 1.29 is 13.2 Å². The van der Waals surface area contributed by atoms with Crippen LogP contribution in [0, 0.1) is 11.8 Å². The predicted octanol–water partition coefficient (Wildman–Crippen LogP) is 2.42. The van der Waals surface area contributed by atoms with E-state index in [0.29, 0.717) is 18.3 Å². The first-order valence-electron chi connectivity index (χ1n) is 8.51. The fraction of sp³-hybridized carbons (Fsp3) is 0.938. The van der Waals surface area contributed by atoms with E-state index < -0.39 is 9.84 Å². The number of likely N-dealkylation sites (tertiary alicyclic amines) is 1. The fourth-order valence-corrected chi connectivity index (χ4v) is 4.88. The van der Waals surface area contributed by atoms with Crippen molar-refractivity contribution in [3.63, 3.8) is 0 Å². The highest BCUT2D eigenvalue weighted by Gasteiger charge is 2.31. The van der Waals surface area contributed by atoms with Gasteiger partial charge in [-0.05, 0) is 43.9 Å². The second-order valence-electron chi connectivity index (χ2n) is 7.33. The van der Waals surface area contributed by atoms with Crippen molar-refractivity contribution >= 4 is 15.9 Å². The molecule has 0 bridgehead atoms. The predicted molar refractivity (Wildman–Crippen MR) is 88.6 cm³/mol. The molecule has 1 aliphatic carbocycles. The highest BCUT2D eigenvalue weighted by atomic mass is 32.2. The topological polar surface area (TPSA) is 66.5 Å². The van der Waals surface area contributed by atoms with Crippen molar-refractivity contribution in [1.29, 1.82) is 0 Å². The van der Waals surface area contributed by atoms with Crippen molar-refractivity contribution in [2.24, 2.45) is 11.8 Å². The summed E-state index contributed by atoms with van der Waals surface area (Å²) in [5.41, 5.74) is 0. The number of hydrogen-bond acceptors (Lipinski definition) is 3. The van der Waals surface area contributed by atoms with E-state index in [2.05, 4.69) is 19.2 Å². The van der Waals surface area contributed by atoms with Crippen LogP contribution in [0.1, 0.15) is 52.4 Å². The van der Waals surface area contributed by atoms with Gasteiger partial charge in [0.15, 0.2) is 0 Å². The Hall–Kier alpha value is -0.780. The number of piperidine rings is 1. The van der Waals surface area contributed by atoms with Gasteiger partial charge in [0.2, 0.25) is 0 Å². The molecule has 22 heavy (non-hydrogen) atoms. The quantitative estimate of drug-likeness (QED) is 0.864. The smallest absolute Gasteiger partial charge is 0.317 e. The van der Waals surface area contributed by atoms with Crippen molar-refractivity contribution in [2.75, 3.05) is 19.3 Å². The third-order valence-corrected chi connectivity index (χ3v) is 6.97. The number of nitrogens with zero attached hydrogens (tertiary/aromatic N) is 1. The molecule has 0 radical (unpaired) electrons. The molecule has 2 fully saturated rings. The van der Waals surface area contributed by atoms with E-state index in [4.69, 9.17) is 0 Å². The largest absolute Gasteiger partial charge is 0.335 e. The van der Waals surface area contributed by atoms with E-state index in [9.17, 15) is 13.2 Å². The average molecular weight is 330 g/mol. The van der Waals surface area contributed by atoms with Gasteiger partial charge in [0.25, 0.3) is 0 Å². The molecule has 1 aliphatic heterocycles. The summed E-state index contributed by atoms with van der Waals surface area (Å²) >= 11 is 0. The van der Waals surface area contributed by atoms with Crippen LogP contribution in [0.15, 0.2) is 0 Å². The first-order chi connectivity index (χ1) is 10.3. The third kappa shape index (κ3) is 4.61. The Kier molecular flexibility index (Phi) is 5.75. The van der Waals surface area contributed by atoms with E-state index in [0.717, 1.165) is 45.2 Å². The van der Waals surface area contributed by atoms with Gasteiger partial charge in [0.05, 0.1) is 5.25 Å². The number of urea groups is 1. The Morgan fingerprint density at radius 1 is 1.14 bits per heavy atom. The molecule has 2 amide bonds. The lowest BCUT2D eigenvalue weighted by Crippen LogP contribution is -2.50. The van der Waals surface area contributed by atoms with E-state index in [1.807, 2.05) is 4.90 Å². The number of amides is 2. The van der Waals surface area contributed by atoms with Crippen LogP contribution in [-0.2, 0) is 9.84 Å². The fourth-order valence-electron chi connectivity index (χ4n) is 3.70. The third-order valence-electron chi connectivity index (χ3n) is 5.33. The summed E-state index contributed by atoms with van der Waals surface area (Å²) in [5.74, 6) is 1.40. The molecular formula is C16H30N2O3S. The summed E-state index contributed by atoms with van der Waals surface area (Å²) in [6.07, 6.45) is 6.50. The zero-order valence-electron chi connectivity index (χ0n) is 14.0. The zero-order chi connectivity index (χ0) is 16.3. The van der Waals surface area contributed by atoms with Crippen LogP contribution in [-0.4, -0.2) is 50.0 Å². The van der Waals surface area contributed by atoms with Crippen LogP contribution in [0.25, 0.3) is 0 Å². The van der Waals surface area contributed by atoms with E-state index in [1.165, 1.54) is 6.26 Å². The summed E-state index contributed by atoms with van der Waals surface area (Å²) in [5, 5.41) is 2.76. The van der Waals surface area contributed by atoms with Gasteiger partial charge in [-0.25, -0.2) is 13.2 Å². The molecule has 0 spiro atoms. The summed E-state index contributed by atoms with van der Waals surface area (Å²) < 4.78 is 23.4. The molecule has 1 saturated heterocycles. The number of carbonyl (C=O) groups is 1. The number of sulfone groups is 1. The maximum Gasteiger partial charge on any atom is 0.317 e. The van der Waals surface area contributed by atoms with Crippen LogP contribution in [0.3, 0.4) is 0 Å². The van der Waals surface area contributed by atoms with Gasteiger partial charge in [-0.15, -0.1) is 0 Å². The Morgan fingerprint density at radius 2 is 1.77 bits per heavy atom. The lowest BCUT2D eigenvalue weighted by Gasteiger charge is -2.36. The minimum absolute atomic E-state index is 0.00352. The zero-order valence-corrected chi connectivity index (χ0v) is 14.9. The molecule has 1 heterocycles. The summed E-state index contributed by atoms with van der Waals surface area (Å²) in [4.78, 5) is 14.3. The standard InChI is InChI=1S/C16H30N2O3S/c1-12(2)13-7-9-18(10-8-13)16(19)17-14-5-4-6-15(11-14)22(3,20)21/h12-15H,4-11H2,1-3H3,(H,17,19). The number of nitrogens with one attached hydrogen (secondary N) is 1. The molecule has 1 saturated carbocycles. The average Bonchev–Trinajstić information content (AvgIpc) is 2.46. The Bertz CT molecular complexity index is 482. The molecule has 6 heteroatoms. The van der Waals surface area contributed by atoms with Crippen molar-refractivity contribution in [3.8, 4) is 0 Å². The first-order valence-corrected chi connectivity index (χ1v) is 10.5. The normalized spacial score (nSPS) is 27.9. The van der Waals surface area contributed by atoms with Crippen LogP contribution in [0.4, 0.5) is 4.79 Å². The molecule has 0 aromatic rings. The van der Waals surface area contributed by atoms with Crippen LogP contribution in [0.2, 0.25) is 0 Å². The van der Waals surface area contributed by atoms with Crippen molar-refractivity contribution in [1.82, 2.24) is 10.2 Å². The maximum atomic E-state index is 12.4. The summed E-state index contributed by atoms with van der Waals surface area (Å²) in [6, 6.07) is -0.00912. The lowest BCUT2D eigenvalue weighted by atomic mass is 9.87. The SMILES string of the molecule is CC(C)C1CCN(C(=O)NC2CCCC(S(C)(=O)=O)C2)CC1. The van der Waals surface area contributed by atoms with Gasteiger partial charge in [0.1, 0.15) is 9.84 Å². The van der Waals surface area contributed by atoms with Gasteiger partial charge in [-0.3, -0.25) is 0 Å². The van der Waals surface area contributed by atoms with Gasteiger partial charge in [-0.1, -0.05) is 20.3 Å². The Morgan fingerprint density at radius 3 is 2.32 bits per heavy atom. The number of carbonyl (C=O) groups excluding carboxylic acids is 1. The van der Waals surface area contributed by atoms with E-state index in [-0.39, 0.29) is 17.3 Å². The van der Waals surface area contributed by atoms with Gasteiger partial charge < -0.3 is 10.2 Å². The van der Waals surface area contributed by atoms with Gasteiger partial charge in [-0.2, -0.15) is 0 Å². The Balaban J connectivity index is 1.82. The summed E-state index contributed by atoms with van der Waals surface area (Å²) in [7, 11) is -3.00. The Labute approximate surface area is 134 Å². The molecule has 2 aliphatic rings. The summed E-state index contributed by atoms with van der Waals surface area (Å²) in [6.45, 7) is 6.12. The number of rotatable bonds is 3. The molecule has 5 nitrogen and oxygen atoms in total. The van der Waals surface area contributed by atoms with Crippen molar-refractivity contribution in [3.05, 3.63) is 0 Å². The molecule has 2 unspecified atom stereocenters. The van der Waals surface area contributed by atoms with Gasteiger partial charge >= 0.3 is 6.03 Å². The minimum Gasteiger partial charge on any atom is -0.335 e. The highest BCUT2D eigenvalue weighted by molar-refractivity contribution is 7.91. The second kappa shape index (κ2) is 7.20. The number of hydrogen-bond donors (Lipinski definition) is 1. The second-order valence-corrected chi connectivity index (χ2v) is 9.66. The maximum absolute atomic E-state index is 12.4. The van der Waals surface area contributed by atoms with E-state index in [1.54, 1.807) is 0 Å². The van der Waals surface area contributed by atoms with Crippen LogP contribution in [0.5, 0.6) is 0 Å².